The highest BCUT2D eigenvalue weighted by molar-refractivity contribution is 7.98. The summed E-state index contributed by atoms with van der Waals surface area (Å²) in [6.07, 6.45) is 4.42. The van der Waals surface area contributed by atoms with Crippen LogP contribution in [0.2, 0.25) is 0 Å². The SMILES string of the molecule is C[C@@H](C1=CC=CS1(=O)=O)N1CCCC1C(=O)O. The summed E-state index contributed by atoms with van der Waals surface area (Å²) >= 11 is 0. The number of carboxylic acids is 1. The minimum absolute atomic E-state index is 0.297. The van der Waals surface area contributed by atoms with Crippen molar-refractivity contribution >= 4 is 15.8 Å². The largest absolute Gasteiger partial charge is 0.480 e. The van der Waals surface area contributed by atoms with Gasteiger partial charge in [-0.3, -0.25) is 9.69 Å². The first-order chi connectivity index (χ1) is 7.93. The van der Waals surface area contributed by atoms with Crippen LogP contribution in [0.4, 0.5) is 0 Å². The van der Waals surface area contributed by atoms with Crippen molar-refractivity contribution in [3.05, 3.63) is 22.5 Å². The highest BCUT2D eigenvalue weighted by Crippen LogP contribution is 2.28. The van der Waals surface area contributed by atoms with E-state index in [1.54, 1.807) is 17.9 Å². The lowest BCUT2D eigenvalue weighted by molar-refractivity contribution is -0.142. The maximum Gasteiger partial charge on any atom is 0.320 e. The third-order valence-corrected chi connectivity index (χ3v) is 4.98. The number of rotatable bonds is 3. The van der Waals surface area contributed by atoms with Crippen molar-refractivity contribution in [2.24, 2.45) is 0 Å². The fraction of sp³-hybridized carbons (Fsp3) is 0.545. The molecule has 0 aliphatic carbocycles. The Morgan fingerprint density at radius 1 is 1.59 bits per heavy atom. The van der Waals surface area contributed by atoms with Crippen LogP contribution < -0.4 is 0 Å². The Bertz CT molecular complexity index is 492. The predicted molar refractivity (Wildman–Crippen MR) is 63.0 cm³/mol. The quantitative estimate of drug-likeness (QED) is 0.807. The van der Waals surface area contributed by atoms with Crippen LogP contribution in [0.15, 0.2) is 22.5 Å². The molecule has 6 heteroatoms. The van der Waals surface area contributed by atoms with Crippen LogP contribution in [-0.4, -0.2) is 43.0 Å². The lowest BCUT2D eigenvalue weighted by Gasteiger charge is -2.28. The molecule has 2 atom stereocenters. The molecule has 0 amide bonds. The lowest BCUT2D eigenvalue weighted by atomic mass is 10.2. The molecule has 0 aromatic rings. The maximum atomic E-state index is 11.7. The van der Waals surface area contributed by atoms with Gasteiger partial charge in [0.25, 0.3) is 0 Å². The summed E-state index contributed by atoms with van der Waals surface area (Å²) in [5.41, 5.74) is 0. The summed E-state index contributed by atoms with van der Waals surface area (Å²) in [5, 5.41) is 10.2. The van der Waals surface area contributed by atoms with Gasteiger partial charge < -0.3 is 5.11 Å². The minimum Gasteiger partial charge on any atom is -0.480 e. The second-order valence-corrected chi connectivity index (χ2v) is 6.19. The molecule has 0 bridgehead atoms. The van der Waals surface area contributed by atoms with Gasteiger partial charge in [-0.05, 0) is 38.5 Å². The Kier molecular flexibility index (Phi) is 3.09. The monoisotopic (exact) mass is 257 g/mol. The summed E-state index contributed by atoms with van der Waals surface area (Å²) in [4.78, 5) is 13.1. The Labute approximate surface area is 100 Å². The third-order valence-electron chi connectivity index (χ3n) is 3.34. The summed E-state index contributed by atoms with van der Waals surface area (Å²) < 4.78 is 23.4. The van der Waals surface area contributed by atoms with E-state index in [4.69, 9.17) is 5.11 Å². The zero-order valence-electron chi connectivity index (χ0n) is 9.54. The number of hydrogen-bond donors (Lipinski definition) is 1. The van der Waals surface area contributed by atoms with Gasteiger partial charge in [0.1, 0.15) is 6.04 Å². The zero-order valence-corrected chi connectivity index (χ0v) is 10.4. The smallest absolute Gasteiger partial charge is 0.320 e. The average Bonchev–Trinajstić information content (AvgIpc) is 2.82. The first-order valence-corrected chi connectivity index (χ1v) is 7.10. The molecule has 94 valence electrons. The lowest BCUT2D eigenvalue weighted by Crippen LogP contribution is -2.43. The standard InChI is InChI=1S/C11H15NO4S/c1-8(10-5-3-7-17(10,15)16)12-6-2-4-9(12)11(13)14/h3,5,7-9H,2,4,6H2,1H3,(H,13,14)/t8-,9?/m0/s1. The maximum absolute atomic E-state index is 11.7. The van der Waals surface area contributed by atoms with E-state index < -0.39 is 21.8 Å². The van der Waals surface area contributed by atoms with Gasteiger partial charge in [0, 0.05) is 11.4 Å². The predicted octanol–water partition coefficient (Wildman–Crippen LogP) is 0.750. The number of hydrogen-bond acceptors (Lipinski definition) is 4. The summed E-state index contributed by atoms with van der Waals surface area (Å²) in [7, 11) is -3.33. The average molecular weight is 257 g/mol. The van der Waals surface area contributed by atoms with Crippen molar-refractivity contribution in [2.45, 2.75) is 31.8 Å². The van der Waals surface area contributed by atoms with E-state index >= 15 is 0 Å². The molecule has 1 unspecified atom stereocenters. The van der Waals surface area contributed by atoms with Gasteiger partial charge in [-0.1, -0.05) is 0 Å². The number of aliphatic carboxylic acids is 1. The van der Waals surface area contributed by atoms with E-state index in [1.807, 2.05) is 0 Å². The molecule has 0 saturated carbocycles. The number of sulfone groups is 1. The number of carboxylic acid groups (broad SMARTS) is 1. The fourth-order valence-electron chi connectivity index (χ4n) is 2.47. The second-order valence-electron chi connectivity index (χ2n) is 4.35. The molecule has 0 spiro atoms. The Morgan fingerprint density at radius 3 is 2.82 bits per heavy atom. The van der Waals surface area contributed by atoms with Gasteiger partial charge in [-0.2, -0.15) is 0 Å². The van der Waals surface area contributed by atoms with Crippen molar-refractivity contribution in [3.8, 4) is 0 Å². The topological polar surface area (TPSA) is 74.7 Å². The second kappa shape index (κ2) is 4.27. The molecule has 0 aromatic carbocycles. The van der Waals surface area contributed by atoms with Gasteiger partial charge in [0.15, 0.2) is 9.84 Å². The fourth-order valence-corrected chi connectivity index (χ4v) is 3.79. The number of carbonyl (C=O) groups is 1. The van der Waals surface area contributed by atoms with Gasteiger partial charge >= 0.3 is 5.97 Å². The Balaban J connectivity index is 2.22. The van der Waals surface area contributed by atoms with Crippen molar-refractivity contribution in [2.75, 3.05) is 6.54 Å². The van der Waals surface area contributed by atoms with Gasteiger partial charge in [-0.15, -0.1) is 0 Å². The Hall–Kier alpha value is -1.14. The first-order valence-electron chi connectivity index (χ1n) is 5.55. The molecule has 0 radical (unpaired) electrons. The molecule has 17 heavy (non-hydrogen) atoms. The molecule has 1 saturated heterocycles. The van der Waals surface area contributed by atoms with Crippen molar-refractivity contribution in [3.63, 3.8) is 0 Å². The van der Waals surface area contributed by atoms with Gasteiger partial charge in [0.05, 0.1) is 4.91 Å². The number of allylic oxidation sites excluding steroid dienone is 2. The van der Waals surface area contributed by atoms with Gasteiger partial charge in [-0.25, -0.2) is 8.42 Å². The highest BCUT2D eigenvalue weighted by Gasteiger charge is 2.37. The third kappa shape index (κ3) is 2.14. The van der Waals surface area contributed by atoms with Crippen LogP contribution >= 0.6 is 0 Å². The summed E-state index contributed by atoms with van der Waals surface area (Å²) in [5.74, 6) is -0.877. The number of likely N-dealkylation sites (tertiary alicyclic amines) is 1. The van der Waals surface area contributed by atoms with Crippen LogP contribution in [0.25, 0.3) is 0 Å². The first kappa shape index (κ1) is 12.3. The zero-order chi connectivity index (χ0) is 12.6. The van der Waals surface area contributed by atoms with E-state index in [9.17, 15) is 13.2 Å². The summed E-state index contributed by atoms with van der Waals surface area (Å²) in [6.45, 7) is 2.38. The molecule has 2 aliphatic heterocycles. The molecule has 1 N–H and O–H groups in total. The van der Waals surface area contributed by atoms with Crippen LogP contribution in [-0.2, 0) is 14.6 Å². The van der Waals surface area contributed by atoms with Crippen molar-refractivity contribution < 1.29 is 18.3 Å². The van der Waals surface area contributed by atoms with E-state index in [2.05, 4.69) is 0 Å². The Morgan fingerprint density at radius 2 is 2.29 bits per heavy atom. The van der Waals surface area contributed by atoms with Crippen LogP contribution in [0.1, 0.15) is 19.8 Å². The van der Waals surface area contributed by atoms with Crippen LogP contribution in [0.3, 0.4) is 0 Å². The van der Waals surface area contributed by atoms with Crippen LogP contribution in [0, 0.1) is 0 Å². The highest BCUT2D eigenvalue weighted by atomic mass is 32.2. The molecular weight excluding hydrogens is 242 g/mol. The molecular formula is C11H15NO4S. The van der Waals surface area contributed by atoms with E-state index in [-0.39, 0.29) is 6.04 Å². The molecule has 2 heterocycles. The van der Waals surface area contributed by atoms with E-state index in [0.29, 0.717) is 17.9 Å². The van der Waals surface area contributed by atoms with E-state index in [0.717, 1.165) is 11.8 Å². The van der Waals surface area contributed by atoms with Crippen LogP contribution in [0.5, 0.6) is 0 Å². The molecule has 2 rings (SSSR count). The number of nitrogens with zero attached hydrogens (tertiary/aromatic N) is 1. The van der Waals surface area contributed by atoms with E-state index in [1.165, 1.54) is 6.08 Å². The van der Waals surface area contributed by atoms with Crippen molar-refractivity contribution in [1.82, 2.24) is 4.90 Å². The van der Waals surface area contributed by atoms with Crippen molar-refractivity contribution in [1.29, 1.82) is 0 Å². The minimum atomic E-state index is -3.33. The molecule has 5 nitrogen and oxygen atoms in total. The normalized spacial score (nSPS) is 29.2. The molecule has 2 aliphatic rings. The summed E-state index contributed by atoms with van der Waals surface area (Å²) in [6, 6.07) is -0.944. The van der Waals surface area contributed by atoms with Gasteiger partial charge in [0.2, 0.25) is 0 Å². The molecule has 0 aromatic heterocycles. The molecule has 1 fully saturated rings.